The van der Waals surface area contributed by atoms with E-state index < -0.39 is 29.3 Å². The number of ketones is 1. The number of anilines is 1. The molecule has 1 aliphatic rings. The Kier molecular flexibility index (Phi) is 7.05. The van der Waals surface area contributed by atoms with Crippen molar-refractivity contribution in [3.8, 4) is 0 Å². The van der Waals surface area contributed by atoms with Gasteiger partial charge in [0, 0.05) is 23.9 Å². The summed E-state index contributed by atoms with van der Waals surface area (Å²) < 4.78 is 5.01. The van der Waals surface area contributed by atoms with Crippen molar-refractivity contribution in [2.24, 2.45) is 4.99 Å². The molecular weight excluding hydrogens is 440 g/mol. The summed E-state index contributed by atoms with van der Waals surface area (Å²) in [4.78, 5) is 55.8. The van der Waals surface area contributed by atoms with E-state index >= 15 is 0 Å². The van der Waals surface area contributed by atoms with Crippen LogP contribution in [0.3, 0.4) is 0 Å². The lowest BCUT2D eigenvalue weighted by molar-refractivity contribution is -0.110. The highest BCUT2D eigenvalue weighted by Gasteiger charge is 2.20. The number of allylic oxidation sites excluding steroid dienone is 1. The summed E-state index contributed by atoms with van der Waals surface area (Å²) in [7, 11) is 0. The molecule has 0 saturated carbocycles. The predicted octanol–water partition coefficient (Wildman–Crippen LogP) is 2.73. The van der Waals surface area contributed by atoms with E-state index in [1.165, 1.54) is 18.2 Å². The van der Waals surface area contributed by atoms with Crippen LogP contribution in [0.25, 0.3) is 0 Å². The van der Waals surface area contributed by atoms with Crippen molar-refractivity contribution in [3.05, 3.63) is 65.6 Å². The van der Waals surface area contributed by atoms with Crippen LogP contribution in [-0.4, -0.2) is 45.9 Å². The zero-order valence-corrected chi connectivity index (χ0v) is 18.8. The fraction of sp³-hybridized carbons (Fsp3) is 0.217. The summed E-state index contributed by atoms with van der Waals surface area (Å²) in [6, 6.07) is 9.16. The second kappa shape index (κ2) is 9.94. The molecular formula is C23H24N6O5. The van der Waals surface area contributed by atoms with Gasteiger partial charge in [0.2, 0.25) is 11.7 Å². The van der Waals surface area contributed by atoms with Gasteiger partial charge in [0.1, 0.15) is 17.0 Å². The van der Waals surface area contributed by atoms with Crippen molar-refractivity contribution in [1.82, 2.24) is 15.6 Å². The van der Waals surface area contributed by atoms with E-state index in [-0.39, 0.29) is 22.9 Å². The van der Waals surface area contributed by atoms with E-state index in [0.29, 0.717) is 17.8 Å². The molecule has 3 rings (SSSR count). The number of hydrogen-bond donors (Lipinski definition) is 5. The fourth-order valence-corrected chi connectivity index (χ4v) is 2.89. The maximum atomic E-state index is 12.9. The number of alkyl carbamates (subject to hydrolysis) is 1. The monoisotopic (exact) mass is 464 g/mol. The van der Waals surface area contributed by atoms with Crippen LogP contribution in [0.15, 0.2) is 53.7 Å². The molecule has 0 unspecified atom stereocenters. The average molecular weight is 464 g/mol. The molecule has 0 atom stereocenters. The molecule has 0 fully saturated rings. The summed E-state index contributed by atoms with van der Waals surface area (Å²) in [5.74, 6) is -2.06. The van der Waals surface area contributed by atoms with Crippen molar-refractivity contribution in [2.45, 2.75) is 32.8 Å². The summed E-state index contributed by atoms with van der Waals surface area (Å²) in [5, 5.41) is 14.7. The van der Waals surface area contributed by atoms with Crippen LogP contribution in [0.5, 0.6) is 0 Å². The Labute approximate surface area is 195 Å². The van der Waals surface area contributed by atoms with Crippen LogP contribution in [0.2, 0.25) is 0 Å². The van der Waals surface area contributed by atoms with Gasteiger partial charge in [-0.2, -0.15) is 0 Å². The molecule has 1 aliphatic heterocycles. The van der Waals surface area contributed by atoms with Crippen molar-refractivity contribution in [1.29, 1.82) is 5.41 Å². The molecule has 0 aliphatic carbocycles. The smallest absolute Gasteiger partial charge is 0.414 e. The number of aromatic amines is 1. The van der Waals surface area contributed by atoms with Crippen molar-refractivity contribution in [2.75, 3.05) is 5.32 Å². The number of benzene rings is 1. The fourth-order valence-electron chi connectivity index (χ4n) is 2.89. The Morgan fingerprint density at radius 2 is 1.76 bits per heavy atom. The van der Waals surface area contributed by atoms with Gasteiger partial charge in [-0.05, 0) is 45.0 Å². The number of nitrogens with zero attached hydrogens (tertiary/aromatic N) is 1. The molecule has 3 amide bonds. The number of carbonyl (C=O) groups excluding carboxylic acids is 4. The van der Waals surface area contributed by atoms with Crippen LogP contribution in [0, 0.1) is 5.41 Å². The maximum Gasteiger partial charge on any atom is 0.414 e. The first kappa shape index (κ1) is 24.1. The number of aromatic nitrogens is 1. The first-order valence-electron chi connectivity index (χ1n) is 10.3. The molecule has 11 heteroatoms. The molecule has 11 nitrogen and oxygen atoms in total. The van der Waals surface area contributed by atoms with E-state index in [2.05, 4.69) is 25.9 Å². The molecule has 2 aromatic rings. The Bertz CT molecular complexity index is 1220. The van der Waals surface area contributed by atoms with E-state index in [4.69, 9.17) is 10.1 Å². The lowest BCUT2D eigenvalue weighted by atomic mass is 10.1. The number of aliphatic imine (C=N–C) groups is 1. The summed E-state index contributed by atoms with van der Waals surface area (Å²) in [6.07, 6.45) is 2.89. The third-order valence-electron chi connectivity index (χ3n) is 4.33. The summed E-state index contributed by atoms with van der Waals surface area (Å²) >= 11 is 0. The van der Waals surface area contributed by atoms with Gasteiger partial charge in [-0.3, -0.25) is 35.4 Å². The average Bonchev–Trinajstić information content (AvgIpc) is 3.44. The number of rotatable bonds is 5. The maximum absolute atomic E-state index is 12.9. The Balaban J connectivity index is 1.61. The minimum absolute atomic E-state index is 0.00953. The van der Waals surface area contributed by atoms with Crippen molar-refractivity contribution < 1.29 is 23.9 Å². The Morgan fingerprint density at radius 1 is 1.03 bits per heavy atom. The van der Waals surface area contributed by atoms with E-state index in [9.17, 15) is 19.2 Å². The normalized spacial score (nSPS) is 12.5. The molecule has 1 aromatic heterocycles. The van der Waals surface area contributed by atoms with Crippen molar-refractivity contribution in [3.63, 3.8) is 0 Å². The standard InChI is InChI=1S/C23H24N6O5/c1-23(2,3)34-22(33)29-21(24)28-20(32)17-10-9-15(27-17)18(30)13-6-4-7-14(12-13)26-19(31)16-8-5-11-25-16/h4-7,9-12,27H,8H2,1-3H3,(H,26,31)(H3,24,28,29,32,33). The number of carbonyl (C=O) groups is 4. The number of guanidine groups is 1. The molecule has 0 radical (unpaired) electrons. The summed E-state index contributed by atoms with van der Waals surface area (Å²) in [6.45, 7) is 4.99. The topological polar surface area (TPSA) is 166 Å². The lowest BCUT2D eigenvalue weighted by Crippen LogP contribution is -2.45. The second-order valence-electron chi connectivity index (χ2n) is 8.27. The van der Waals surface area contributed by atoms with Crippen LogP contribution in [0.4, 0.5) is 10.5 Å². The molecule has 0 saturated heterocycles. The molecule has 0 spiro atoms. The van der Waals surface area contributed by atoms with Gasteiger partial charge in [0.25, 0.3) is 11.8 Å². The third kappa shape index (κ3) is 6.48. The number of H-pyrrole nitrogens is 1. The van der Waals surface area contributed by atoms with Gasteiger partial charge >= 0.3 is 6.09 Å². The van der Waals surface area contributed by atoms with Crippen LogP contribution < -0.4 is 16.0 Å². The van der Waals surface area contributed by atoms with Gasteiger partial charge in [0.05, 0.1) is 5.69 Å². The van der Waals surface area contributed by atoms with Crippen LogP contribution in [-0.2, 0) is 9.53 Å². The molecule has 176 valence electrons. The molecule has 34 heavy (non-hydrogen) atoms. The lowest BCUT2D eigenvalue weighted by Gasteiger charge is -2.19. The van der Waals surface area contributed by atoms with Crippen molar-refractivity contribution >= 4 is 41.0 Å². The SMILES string of the molecule is CC(C)(C)OC(=O)NC(=N)NC(=O)c1ccc(C(=O)c2cccc(NC(=O)C3=NC=CC3)c2)[nH]1. The molecule has 2 heterocycles. The number of amides is 3. The predicted molar refractivity (Wildman–Crippen MR) is 125 cm³/mol. The first-order valence-corrected chi connectivity index (χ1v) is 10.3. The highest BCUT2D eigenvalue weighted by molar-refractivity contribution is 6.44. The Hall–Kier alpha value is -4.54. The highest BCUT2D eigenvalue weighted by Crippen LogP contribution is 2.16. The Morgan fingerprint density at radius 3 is 2.44 bits per heavy atom. The molecule has 5 N–H and O–H groups in total. The molecule has 1 aromatic carbocycles. The second-order valence-corrected chi connectivity index (χ2v) is 8.27. The number of ether oxygens (including phenoxy) is 1. The van der Waals surface area contributed by atoms with E-state index in [1.807, 2.05) is 0 Å². The van der Waals surface area contributed by atoms with E-state index in [0.717, 1.165) is 0 Å². The zero-order chi connectivity index (χ0) is 24.9. The van der Waals surface area contributed by atoms with E-state index in [1.54, 1.807) is 51.2 Å². The van der Waals surface area contributed by atoms with Crippen LogP contribution in [0.1, 0.15) is 53.7 Å². The number of hydrogen-bond acceptors (Lipinski definition) is 7. The zero-order valence-electron chi connectivity index (χ0n) is 18.8. The highest BCUT2D eigenvalue weighted by atomic mass is 16.6. The summed E-state index contributed by atoms with van der Waals surface area (Å²) in [5.41, 5.74) is 0.475. The minimum Gasteiger partial charge on any atom is -0.444 e. The van der Waals surface area contributed by atoms with Gasteiger partial charge in [-0.25, -0.2) is 4.79 Å². The van der Waals surface area contributed by atoms with Gasteiger partial charge in [-0.15, -0.1) is 0 Å². The first-order chi connectivity index (χ1) is 16.0. The third-order valence-corrected chi connectivity index (χ3v) is 4.33. The van der Waals surface area contributed by atoms with Gasteiger partial charge in [-0.1, -0.05) is 18.2 Å². The minimum atomic E-state index is -0.886. The largest absolute Gasteiger partial charge is 0.444 e. The van der Waals surface area contributed by atoms with Gasteiger partial charge < -0.3 is 15.0 Å². The van der Waals surface area contributed by atoms with Gasteiger partial charge in [0.15, 0.2) is 0 Å². The quantitative estimate of drug-likeness (QED) is 0.260. The number of nitrogens with one attached hydrogen (secondary N) is 5. The molecule has 0 bridgehead atoms. The van der Waals surface area contributed by atoms with Crippen LogP contribution >= 0.6 is 0 Å².